The van der Waals surface area contributed by atoms with Gasteiger partial charge in [0.05, 0.1) is 5.60 Å². The molecule has 2 bridgehead atoms. The smallest absolute Gasteiger partial charge is 0.302 e. The van der Waals surface area contributed by atoms with Gasteiger partial charge in [-0.1, -0.05) is 26.8 Å². The van der Waals surface area contributed by atoms with Crippen molar-refractivity contribution in [3.8, 4) is 0 Å². The second-order valence-corrected chi connectivity index (χ2v) is 10.3. The van der Waals surface area contributed by atoms with Crippen LogP contribution in [0.1, 0.15) is 65.7 Å². The summed E-state index contributed by atoms with van der Waals surface area (Å²) in [6.45, 7) is 9.85. The minimum Gasteiger partial charge on any atom is -0.462 e. The van der Waals surface area contributed by atoms with Crippen LogP contribution in [0, 0.1) is 28.1 Å². The standard InChI is InChI=1S/C22H32O5/c1-13-18(25)21-9-6-16-19(3,12-23)7-5-8-20(16,4)17(21)15(27-14(2)24)10-22(13,26)11-21/h15-17,23,26H,1,5-12H2,2-4H3/t15-,16+,17-,19-,20?,21+,22?/m0/s1. The Hall–Kier alpha value is -1.20. The Morgan fingerprint density at radius 1 is 1.30 bits per heavy atom. The Balaban J connectivity index is 1.86. The van der Waals surface area contributed by atoms with E-state index in [-0.39, 0.29) is 47.4 Å². The molecule has 0 heterocycles. The van der Waals surface area contributed by atoms with Crippen LogP contribution >= 0.6 is 0 Å². The van der Waals surface area contributed by atoms with E-state index >= 15 is 0 Å². The van der Waals surface area contributed by atoms with Gasteiger partial charge in [-0.15, -0.1) is 0 Å². The predicted molar refractivity (Wildman–Crippen MR) is 99.7 cm³/mol. The second kappa shape index (κ2) is 5.66. The minimum absolute atomic E-state index is 0.0272. The average molecular weight is 376 g/mol. The monoisotopic (exact) mass is 376 g/mol. The van der Waals surface area contributed by atoms with Gasteiger partial charge in [-0.2, -0.15) is 0 Å². The fraction of sp³-hybridized carbons (Fsp3) is 0.818. The number of carbonyl (C=O) groups excluding carboxylic acids is 2. The summed E-state index contributed by atoms with van der Waals surface area (Å²) < 4.78 is 5.76. The highest BCUT2D eigenvalue weighted by Crippen LogP contribution is 2.72. The van der Waals surface area contributed by atoms with Gasteiger partial charge in [0, 0.05) is 36.9 Å². The van der Waals surface area contributed by atoms with E-state index < -0.39 is 17.1 Å². The van der Waals surface area contributed by atoms with Gasteiger partial charge < -0.3 is 14.9 Å². The first kappa shape index (κ1) is 19.1. The Morgan fingerprint density at radius 3 is 2.63 bits per heavy atom. The zero-order chi connectivity index (χ0) is 19.8. The molecule has 0 aromatic carbocycles. The molecule has 1 spiro atoms. The summed E-state index contributed by atoms with van der Waals surface area (Å²) in [5.41, 5.74) is -2.04. The zero-order valence-corrected chi connectivity index (χ0v) is 16.7. The van der Waals surface area contributed by atoms with Gasteiger partial charge in [0.2, 0.25) is 0 Å². The maximum absolute atomic E-state index is 13.4. The fourth-order valence-electron chi connectivity index (χ4n) is 7.87. The molecule has 0 aromatic heterocycles. The first-order valence-electron chi connectivity index (χ1n) is 10.3. The number of hydrogen-bond donors (Lipinski definition) is 2. The topological polar surface area (TPSA) is 83.8 Å². The van der Waals surface area contributed by atoms with Crippen LogP contribution in [0.4, 0.5) is 0 Å². The molecule has 5 nitrogen and oxygen atoms in total. The van der Waals surface area contributed by atoms with E-state index in [4.69, 9.17) is 4.74 Å². The molecule has 4 rings (SSSR count). The van der Waals surface area contributed by atoms with Crippen LogP contribution in [0.2, 0.25) is 0 Å². The molecule has 0 radical (unpaired) electrons. The average Bonchev–Trinajstić information content (AvgIpc) is 2.71. The molecule has 4 fully saturated rings. The number of rotatable bonds is 2. The highest BCUT2D eigenvalue weighted by atomic mass is 16.5. The van der Waals surface area contributed by atoms with Crippen molar-refractivity contribution in [2.24, 2.45) is 28.1 Å². The molecule has 7 atom stereocenters. The van der Waals surface area contributed by atoms with E-state index in [1.807, 2.05) is 0 Å². The van der Waals surface area contributed by atoms with Gasteiger partial charge in [-0.05, 0) is 48.9 Å². The molecule has 0 saturated heterocycles. The maximum atomic E-state index is 13.4. The van der Waals surface area contributed by atoms with Gasteiger partial charge in [0.15, 0.2) is 5.78 Å². The molecule has 0 aliphatic heterocycles. The number of Topliss-reactive ketones (excluding diaryl/α,β-unsaturated/α-hetero) is 1. The van der Waals surface area contributed by atoms with Crippen molar-refractivity contribution in [3.05, 3.63) is 12.2 Å². The molecule has 27 heavy (non-hydrogen) atoms. The SMILES string of the molecule is C=C1C(=O)[C@@]23CC[C@H]4C(C)(CCC[C@@]4(C)CO)[C@@H]2[C@@H](OC(C)=O)CC1(O)C3. The highest BCUT2D eigenvalue weighted by Gasteiger charge is 2.73. The molecule has 4 saturated carbocycles. The van der Waals surface area contributed by atoms with Crippen LogP contribution in [0.25, 0.3) is 0 Å². The van der Waals surface area contributed by atoms with Crippen molar-refractivity contribution < 1.29 is 24.5 Å². The van der Waals surface area contributed by atoms with Crippen LogP contribution in [0.15, 0.2) is 12.2 Å². The number of aliphatic hydroxyl groups excluding tert-OH is 1. The molecule has 2 unspecified atom stereocenters. The second-order valence-electron chi connectivity index (χ2n) is 10.3. The van der Waals surface area contributed by atoms with E-state index in [0.717, 1.165) is 25.7 Å². The number of ketones is 1. The number of hydrogen-bond acceptors (Lipinski definition) is 5. The quantitative estimate of drug-likeness (QED) is 0.572. The molecular formula is C22H32O5. The largest absolute Gasteiger partial charge is 0.462 e. The van der Waals surface area contributed by atoms with Gasteiger partial charge in [0.1, 0.15) is 6.10 Å². The lowest BCUT2D eigenvalue weighted by molar-refractivity contribution is -0.217. The van der Waals surface area contributed by atoms with Gasteiger partial charge in [-0.25, -0.2) is 0 Å². The summed E-state index contributed by atoms with van der Waals surface area (Å²) in [4.78, 5) is 25.3. The Bertz CT molecular complexity index is 715. The summed E-state index contributed by atoms with van der Waals surface area (Å²) >= 11 is 0. The number of esters is 1. The Morgan fingerprint density at radius 2 is 2.00 bits per heavy atom. The van der Waals surface area contributed by atoms with Crippen molar-refractivity contribution >= 4 is 11.8 Å². The van der Waals surface area contributed by atoms with E-state index in [1.54, 1.807) is 0 Å². The lowest BCUT2D eigenvalue weighted by Gasteiger charge is -2.64. The number of carbonyl (C=O) groups is 2. The lowest BCUT2D eigenvalue weighted by atomic mass is 9.40. The Kier molecular flexibility index (Phi) is 4.01. The summed E-state index contributed by atoms with van der Waals surface area (Å²) in [5, 5.41) is 21.3. The molecule has 150 valence electrons. The normalized spacial score (nSPS) is 51.5. The van der Waals surface area contributed by atoms with Crippen LogP contribution in [0.5, 0.6) is 0 Å². The Labute approximate surface area is 161 Å². The van der Waals surface area contributed by atoms with Crippen molar-refractivity contribution in [3.63, 3.8) is 0 Å². The number of fused-ring (bicyclic) bond motifs is 3. The predicted octanol–water partition coefficient (Wildman–Crippen LogP) is 2.78. The van der Waals surface area contributed by atoms with Gasteiger partial charge in [-0.3, -0.25) is 9.59 Å². The number of aliphatic hydroxyl groups is 2. The van der Waals surface area contributed by atoms with E-state index in [0.29, 0.717) is 18.4 Å². The van der Waals surface area contributed by atoms with Gasteiger partial charge in [0.25, 0.3) is 0 Å². The van der Waals surface area contributed by atoms with Crippen molar-refractivity contribution in [1.29, 1.82) is 0 Å². The molecule has 4 aliphatic rings. The van der Waals surface area contributed by atoms with Crippen molar-refractivity contribution in [2.45, 2.75) is 77.4 Å². The fourth-order valence-corrected chi connectivity index (χ4v) is 7.87. The molecule has 4 aliphatic carbocycles. The zero-order valence-electron chi connectivity index (χ0n) is 16.7. The van der Waals surface area contributed by atoms with Crippen LogP contribution in [-0.2, 0) is 14.3 Å². The summed E-state index contributed by atoms with van der Waals surface area (Å²) in [6.07, 6.45) is 4.61. The third-order valence-electron chi connectivity index (χ3n) is 8.77. The van der Waals surface area contributed by atoms with Crippen molar-refractivity contribution in [2.75, 3.05) is 6.61 Å². The molecule has 0 amide bonds. The molecule has 5 heteroatoms. The molecule has 0 aromatic rings. The first-order chi connectivity index (χ1) is 12.5. The lowest BCUT2D eigenvalue weighted by Crippen LogP contribution is -2.64. The first-order valence-corrected chi connectivity index (χ1v) is 10.3. The molecular weight excluding hydrogens is 344 g/mol. The van der Waals surface area contributed by atoms with Crippen LogP contribution < -0.4 is 0 Å². The van der Waals surface area contributed by atoms with E-state index in [1.165, 1.54) is 6.92 Å². The van der Waals surface area contributed by atoms with E-state index in [9.17, 15) is 19.8 Å². The maximum Gasteiger partial charge on any atom is 0.302 e. The van der Waals surface area contributed by atoms with E-state index in [2.05, 4.69) is 20.4 Å². The third kappa shape index (κ3) is 2.30. The summed E-state index contributed by atoms with van der Waals surface area (Å²) in [7, 11) is 0. The van der Waals surface area contributed by atoms with Gasteiger partial charge >= 0.3 is 5.97 Å². The summed E-state index contributed by atoms with van der Waals surface area (Å²) in [6, 6.07) is 0. The molecule has 2 N–H and O–H groups in total. The minimum atomic E-state index is -1.26. The highest BCUT2D eigenvalue weighted by molar-refractivity contribution is 6.05. The number of ether oxygens (including phenoxy) is 1. The summed E-state index contributed by atoms with van der Waals surface area (Å²) in [5.74, 6) is -0.263. The van der Waals surface area contributed by atoms with Crippen molar-refractivity contribution in [1.82, 2.24) is 0 Å². The van der Waals surface area contributed by atoms with Crippen LogP contribution in [-0.4, -0.2) is 40.3 Å². The third-order valence-corrected chi connectivity index (χ3v) is 8.77. The van der Waals surface area contributed by atoms with Crippen LogP contribution in [0.3, 0.4) is 0 Å².